The number of allylic oxidation sites excluding steroid dienone is 6. The van der Waals surface area contributed by atoms with Gasteiger partial charge in [0, 0.05) is 20.6 Å². The highest BCUT2D eigenvalue weighted by Crippen LogP contribution is 2.30. The maximum Gasteiger partial charge on any atom is 0.191 e. The van der Waals surface area contributed by atoms with Gasteiger partial charge >= 0.3 is 0 Å². The molecule has 0 heterocycles. The van der Waals surface area contributed by atoms with Gasteiger partial charge in [0.25, 0.3) is 0 Å². The summed E-state index contributed by atoms with van der Waals surface area (Å²) in [6.07, 6.45) is 13.1. The molecule has 0 spiro atoms. The van der Waals surface area contributed by atoms with Crippen LogP contribution in [0, 0.1) is 0 Å². The topological polar surface area (TPSA) is 18.5 Å². The van der Waals surface area contributed by atoms with Gasteiger partial charge in [0.1, 0.15) is 0 Å². The van der Waals surface area contributed by atoms with Crippen molar-refractivity contribution in [2.75, 3.05) is 14.2 Å². The van der Waals surface area contributed by atoms with E-state index in [1.54, 1.807) is 14.2 Å². The standard InChI is InChI=1S/C12H14O2/c1-13-12(14-2)8-4-7-10-5-3-6-11(10)9-12/h3-7,9H,8H2,1-2H3. The van der Waals surface area contributed by atoms with Crippen LogP contribution in [-0.2, 0) is 9.47 Å². The molecule has 0 saturated heterocycles. The summed E-state index contributed by atoms with van der Waals surface area (Å²) >= 11 is 0. The molecule has 2 rings (SSSR count). The lowest BCUT2D eigenvalue weighted by Gasteiger charge is -2.26. The summed E-state index contributed by atoms with van der Waals surface area (Å²) in [4.78, 5) is 0. The van der Waals surface area contributed by atoms with Crippen molar-refractivity contribution in [2.24, 2.45) is 0 Å². The van der Waals surface area contributed by atoms with Gasteiger partial charge in [0.2, 0.25) is 0 Å². The fourth-order valence-electron chi connectivity index (χ4n) is 1.74. The summed E-state index contributed by atoms with van der Waals surface area (Å²) < 4.78 is 10.8. The molecule has 2 aliphatic carbocycles. The number of fused-ring (bicyclic) bond motifs is 1. The Hall–Kier alpha value is -1.12. The van der Waals surface area contributed by atoms with Gasteiger partial charge in [-0.15, -0.1) is 0 Å². The van der Waals surface area contributed by atoms with E-state index in [2.05, 4.69) is 24.3 Å². The molecule has 0 aromatic rings. The van der Waals surface area contributed by atoms with Crippen molar-refractivity contribution >= 4 is 0 Å². The fourth-order valence-corrected chi connectivity index (χ4v) is 1.74. The van der Waals surface area contributed by atoms with Crippen molar-refractivity contribution in [1.29, 1.82) is 0 Å². The normalized spacial score (nSPS) is 22.7. The highest BCUT2D eigenvalue weighted by molar-refractivity contribution is 5.55. The van der Waals surface area contributed by atoms with Crippen LogP contribution in [0.5, 0.6) is 0 Å². The Balaban J connectivity index is 2.40. The molecule has 0 amide bonds. The van der Waals surface area contributed by atoms with E-state index < -0.39 is 5.79 Å². The van der Waals surface area contributed by atoms with Gasteiger partial charge in [-0.25, -0.2) is 0 Å². The van der Waals surface area contributed by atoms with E-state index in [4.69, 9.17) is 9.47 Å². The predicted octanol–water partition coefficient (Wildman–Crippen LogP) is 2.36. The van der Waals surface area contributed by atoms with E-state index in [0.29, 0.717) is 0 Å². The number of hydrogen-bond donors (Lipinski definition) is 0. The van der Waals surface area contributed by atoms with Crippen LogP contribution < -0.4 is 0 Å². The molecule has 0 radical (unpaired) electrons. The second-order valence-electron chi connectivity index (χ2n) is 3.41. The molecule has 0 N–H and O–H groups in total. The molecule has 2 nitrogen and oxygen atoms in total. The summed E-state index contributed by atoms with van der Waals surface area (Å²) in [7, 11) is 3.34. The zero-order valence-corrected chi connectivity index (χ0v) is 8.49. The quantitative estimate of drug-likeness (QED) is 0.622. The first kappa shape index (κ1) is 9.44. The fraction of sp³-hybridized carbons (Fsp3) is 0.333. The molecule has 2 heteroatoms. The molecule has 0 atom stereocenters. The Bertz CT molecular complexity index is 341. The highest BCUT2D eigenvalue weighted by Gasteiger charge is 2.28. The van der Waals surface area contributed by atoms with E-state index in [9.17, 15) is 0 Å². The zero-order chi connectivity index (χ0) is 10.0. The Morgan fingerprint density at radius 1 is 1.14 bits per heavy atom. The number of methoxy groups -OCH3 is 2. The Morgan fingerprint density at radius 2 is 1.93 bits per heavy atom. The minimum absolute atomic E-state index is 0.601. The molecule has 0 unspecified atom stereocenters. The van der Waals surface area contributed by atoms with Gasteiger partial charge in [0.05, 0.1) is 0 Å². The van der Waals surface area contributed by atoms with Crippen molar-refractivity contribution in [3.05, 3.63) is 47.6 Å². The van der Waals surface area contributed by atoms with Crippen LogP contribution in [0.4, 0.5) is 0 Å². The second-order valence-corrected chi connectivity index (χ2v) is 3.41. The van der Waals surface area contributed by atoms with Gasteiger partial charge < -0.3 is 9.47 Å². The summed E-state index contributed by atoms with van der Waals surface area (Å²) in [6, 6.07) is 0. The molecule has 0 aliphatic heterocycles. The average molecular weight is 190 g/mol. The van der Waals surface area contributed by atoms with Crippen LogP contribution in [-0.4, -0.2) is 20.0 Å². The van der Waals surface area contributed by atoms with Gasteiger partial charge in [-0.3, -0.25) is 0 Å². The minimum atomic E-state index is -0.601. The molecule has 74 valence electrons. The van der Waals surface area contributed by atoms with Crippen LogP contribution in [0.3, 0.4) is 0 Å². The molecule has 0 fully saturated rings. The molecule has 2 aliphatic rings. The molecular weight excluding hydrogens is 176 g/mol. The number of ether oxygens (including phenoxy) is 2. The minimum Gasteiger partial charge on any atom is -0.349 e. The maximum atomic E-state index is 5.41. The van der Waals surface area contributed by atoms with Crippen molar-refractivity contribution in [1.82, 2.24) is 0 Å². The van der Waals surface area contributed by atoms with Gasteiger partial charge in [-0.05, 0) is 17.2 Å². The van der Waals surface area contributed by atoms with E-state index in [1.807, 2.05) is 12.2 Å². The number of rotatable bonds is 2. The summed E-state index contributed by atoms with van der Waals surface area (Å²) in [5.74, 6) is -0.601. The monoisotopic (exact) mass is 190 g/mol. The Kier molecular flexibility index (Phi) is 2.40. The summed E-state index contributed by atoms with van der Waals surface area (Å²) in [5.41, 5.74) is 2.39. The molecule has 0 saturated carbocycles. The van der Waals surface area contributed by atoms with Gasteiger partial charge in [0.15, 0.2) is 5.79 Å². The SMILES string of the molecule is COC1(OC)C=C2C=CC=C2C=CC1. The second kappa shape index (κ2) is 3.56. The van der Waals surface area contributed by atoms with Crippen molar-refractivity contribution < 1.29 is 9.47 Å². The van der Waals surface area contributed by atoms with Crippen LogP contribution in [0.1, 0.15) is 6.42 Å². The van der Waals surface area contributed by atoms with Crippen LogP contribution in [0.2, 0.25) is 0 Å². The molecule has 0 bridgehead atoms. The smallest absolute Gasteiger partial charge is 0.191 e. The first-order chi connectivity index (χ1) is 6.79. The largest absolute Gasteiger partial charge is 0.349 e. The third kappa shape index (κ3) is 1.47. The Labute approximate surface area is 84.2 Å². The van der Waals surface area contributed by atoms with Crippen LogP contribution in [0.15, 0.2) is 47.6 Å². The molecule has 14 heavy (non-hydrogen) atoms. The average Bonchev–Trinajstić information content (AvgIpc) is 2.57. The first-order valence-electron chi connectivity index (χ1n) is 4.68. The van der Waals surface area contributed by atoms with Crippen molar-refractivity contribution in [3.8, 4) is 0 Å². The highest BCUT2D eigenvalue weighted by atomic mass is 16.7. The third-order valence-corrected chi connectivity index (χ3v) is 2.65. The molecular formula is C12H14O2. The van der Waals surface area contributed by atoms with Gasteiger partial charge in [-0.2, -0.15) is 0 Å². The summed E-state index contributed by atoms with van der Waals surface area (Å²) in [6.45, 7) is 0. The van der Waals surface area contributed by atoms with E-state index in [1.165, 1.54) is 11.1 Å². The molecule has 0 aromatic heterocycles. The Morgan fingerprint density at radius 3 is 2.64 bits per heavy atom. The van der Waals surface area contributed by atoms with Crippen LogP contribution in [0.25, 0.3) is 0 Å². The van der Waals surface area contributed by atoms with Crippen molar-refractivity contribution in [3.63, 3.8) is 0 Å². The first-order valence-corrected chi connectivity index (χ1v) is 4.68. The lowest BCUT2D eigenvalue weighted by atomic mass is 10.1. The van der Waals surface area contributed by atoms with Gasteiger partial charge in [-0.1, -0.05) is 30.4 Å². The van der Waals surface area contributed by atoms with E-state index in [-0.39, 0.29) is 0 Å². The molecule has 0 aromatic carbocycles. The van der Waals surface area contributed by atoms with Crippen molar-refractivity contribution in [2.45, 2.75) is 12.2 Å². The lowest BCUT2D eigenvalue weighted by Crippen LogP contribution is -2.30. The number of hydrogen-bond acceptors (Lipinski definition) is 2. The summed E-state index contributed by atoms with van der Waals surface area (Å²) in [5, 5.41) is 0. The third-order valence-electron chi connectivity index (χ3n) is 2.65. The van der Waals surface area contributed by atoms with E-state index >= 15 is 0 Å². The predicted molar refractivity (Wildman–Crippen MR) is 55.8 cm³/mol. The lowest BCUT2D eigenvalue weighted by molar-refractivity contribution is -0.167. The zero-order valence-electron chi connectivity index (χ0n) is 8.49. The van der Waals surface area contributed by atoms with E-state index in [0.717, 1.165) is 6.42 Å². The maximum absolute atomic E-state index is 5.41. The van der Waals surface area contributed by atoms with Crippen LogP contribution >= 0.6 is 0 Å².